The lowest BCUT2D eigenvalue weighted by Crippen LogP contribution is -2.03. The van der Waals surface area contributed by atoms with Gasteiger partial charge in [-0.1, -0.05) is 6.58 Å². The molecule has 1 aromatic rings. The fourth-order valence-corrected chi connectivity index (χ4v) is 0.654. The van der Waals surface area contributed by atoms with Crippen LogP contribution in [0.4, 0.5) is 0 Å². The van der Waals surface area contributed by atoms with Crippen LogP contribution in [0.1, 0.15) is 10.6 Å². The molecule has 0 saturated carbocycles. The number of furan rings is 1. The van der Waals surface area contributed by atoms with Crippen LogP contribution in [-0.4, -0.2) is 17.5 Å². The van der Waals surface area contributed by atoms with Gasteiger partial charge in [-0.2, -0.15) is 0 Å². The van der Waals surface area contributed by atoms with Crippen molar-refractivity contribution in [1.29, 1.82) is 0 Å². The van der Waals surface area contributed by atoms with Crippen molar-refractivity contribution in [2.75, 3.05) is 6.61 Å². The van der Waals surface area contributed by atoms with E-state index in [0.29, 0.717) is 0 Å². The quantitative estimate of drug-likeness (QED) is 0.519. The van der Waals surface area contributed by atoms with E-state index in [2.05, 4.69) is 6.58 Å². The van der Waals surface area contributed by atoms with Gasteiger partial charge in [0.15, 0.2) is 5.76 Å². The molecule has 0 amide bonds. The van der Waals surface area contributed by atoms with Crippen LogP contribution in [0.3, 0.4) is 0 Å². The molecule has 0 bridgehead atoms. The first-order chi connectivity index (χ1) is 5.25. The molecule has 1 heterocycles. The van der Waals surface area contributed by atoms with E-state index in [9.17, 15) is 4.79 Å². The number of carbonyl (C=O) groups is 1. The molecule has 0 saturated heterocycles. The fraction of sp³-hybridized carbons (Fsp3) is 0.125. The molecule has 0 unspecified atom stereocenters. The van der Waals surface area contributed by atoms with E-state index >= 15 is 0 Å². The number of aliphatic hydroxyl groups excluding tert-OH is 1. The van der Waals surface area contributed by atoms with Crippen molar-refractivity contribution in [3.8, 4) is 0 Å². The van der Waals surface area contributed by atoms with Gasteiger partial charge in [-0.3, -0.25) is 4.79 Å². The molecule has 0 aliphatic heterocycles. The minimum Gasteiger partial charge on any atom is -0.461 e. The fourth-order valence-electron chi connectivity index (χ4n) is 0.654. The van der Waals surface area contributed by atoms with E-state index in [1.807, 2.05) is 0 Å². The molecule has 0 radical (unpaired) electrons. The van der Waals surface area contributed by atoms with Gasteiger partial charge < -0.3 is 9.52 Å². The molecule has 0 atom stereocenters. The summed E-state index contributed by atoms with van der Waals surface area (Å²) in [4.78, 5) is 11.1. The number of aliphatic hydroxyl groups is 1. The van der Waals surface area contributed by atoms with Gasteiger partial charge in [0, 0.05) is 5.57 Å². The van der Waals surface area contributed by atoms with Crippen LogP contribution < -0.4 is 0 Å². The Morgan fingerprint density at radius 3 is 2.91 bits per heavy atom. The smallest absolute Gasteiger partial charge is 0.225 e. The Labute approximate surface area is 64.0 Å². The average molecular weight is 152 g/mol. The van der Waals surface area contributed by atoms with Crippen molar-refractivity contribution >= 4 is 5.78 Å². The summed E-state index contributed by atoms with van der Waals surface area (Å²) in [5, 5.41) is 8.54. The van der Waals surface area contributed by atoms with E-state index in [1.165, 1.54) is 12.3 Å². The third-order valence-corrected chi connectivity index (χ3v) is 1.26. The van der Waals surface area contributed by atoms with Crippen LogP contribution >= 0.6 is 0 Å². The lowest BCUT2D eigenvalue weighted by Gasteiger charge is -1.95. The van der Waals surface area contributed by atoms with Crippen molar-refractivity contribution in [1.82, 2.24) is 0 Å². The molecule has 0 aromatic carbocycles. The van der Waals surface area contributed by atoms with E-state index in [1.54, 1.807) is 6.07 Å². The molecule has 3 heteroatoms. The lowest BCUT2D eigenvalue weighted by molar-refractivity contribution is 0.0991. The van der Waals surface area contributed by atoms with Gasteiger partial charge in [0.2, 0.25) is 5.78 Å². The molecule has 0 aliphatic rings. The van der Waals surface area contributed by atoms with Gasteiger partial charge in [-0.05, 0) is 12.1 Å². The molecule has 0 fully saturated rings. The number of Topliss-reactive ketones (excluding diaryl/α,β-unsaturated/α-hetero) is 1. The molecular formula is C8H8O3. The maximum Gasteiger partial charge on any atom is 0.225 e. The summed E-state index contributed by atoms with van der Waals surface area (Å²) in [6.07, 6.45) is 1.40. The van der Waals surface area contributed by atoms with Crippen molar-refractivity contribution in [3.05, 3.63) is 36.3 Å². The Balaban J connectivity index is 2.79. The first-order valence-electron chi connectivity index (χ1n) is 3.12. The molecule has 3 nitrogen and oxygen atoms in total. The molecule has 1 N–H and O–H groups in total. The van der Waals surface area contributed by atoms with Gasteiger partial charge in [-0.25, -0.2) is 0 Å². The van der Waals surface area contributed by atoms with E-state index in [0.717, 1.165) is 0 Å². The van der Waals surface area contributed by atoms with Gasteiger partial charge in [0.05, 0.1) is 12.9 Å². The van der Waals surface area contributed by atoms with Crippen LogP contribution in [0, 0.1) is 0 Å². The first-order valence-corrected chi connectivity index (χ1v) is 3.12. The molecule has 0 spiro atoms. The summed E-state index contributed by atoms with van der Waals surface area (Å²) >= 11 is 0. The SMILES string of the molecule is C=C(CO)C(=O)c1ccco1. The summed E-state index contributed by atoms with van der Waals surface area (Å²) in [5.41, 5.74) is 0.139. The predicted octanol–water partition coefficient (Wildman–Crippen LogP) is 1.01. The summed E-state index contributed by atoms with van der Waals surface area (Å²) in [5.74, 6) is -0.137. The van der Waals surface area contributed by atoms with Crippen molar-refractivity contribution in [3.63, 3.8) is 0 Å². The average Bonchev–Trinajstić information content (AvgIpc) is 2.53. The Bertz CT molecular complexity index is 259. The summed E-state index contributed by atoms with van der Waals surface area (Å²) in [7, 11) is 0. The third kappa shape index (κ3) is 1.56. The van der Waals surface area contributed by atoms with E-state index in [4.69, 9.17) is 9.52 Å². The molecule has 1 aromatic heterocycles. The number of ketones is 1. The topological polar surface area (TPSA) is 50.4 Å². The lowest BCUT2D eigenvalue weighted by atomic mass is 10.2. The van der Waals surface area contributed by atoms with Crippen LogP contribution in [0.15, 0.2) is 35.0 Å². The Morgan fingerprint density at radius 1 is 1.73 bits per heavy atom. The van der Waals surface area contributed by atoms with Crippen LogP contribution in [0.2, 0.25) is 0 Å². The highest BCUT2D eigenvalue weighted by Gasteiger charge is 2.10. The van der Waals surface area contributed by atoms with E-state index in [-0.39, 0.29) is 23.7 Å². The van der Waals surface area contributed by atoms with Crippen molar-refractivity contribution in [2.24, 2.45) is 0 Å². The monoisotopic (exact) mass is 152 g/mol. The maximum atomic E-state index is 11.1. The normalized spacial score (nSPS) is 9.55. The van der Waals surface area contributed by atoms with Crippen LogP contribution in [-0.2, 0) is 0 Å². The molecule has 1 rings (SSSR count). The molecule has 58 valence electrons. The highest BCUT2D eigenvalue weighted by Crippen LogP contribution is 2.06. The van der Waals surface area contributed by atoms with Crippen LogP contribution in [0.25, 0.3) is 0 Å². The van der Waals surface area contributed by atoms with Gasteiger partial charge in [0.25, 0.3) is 0 Å². The maximum absolute atomic E-state index is 11.1. The highest BCUT2D eigenvalue weighted by atomic mass is 16.3. The molecular weight excluding hydrogens is 144 g/mol. The zero-order valence-electron chi connectivity index (χ0n) is 5.91. The van der Waals surface area contributed by atoms with Crippen molar-refractivity contribution in [2.45, 2.75) is 0 Å². The predicted molar refractivity (Wildman–Crippen MR) is 39.3 cm³/mol. The standard InChI is InChI=1S/C8H8O3/c1-6(5-9)8(10)7-3-2-4-11-7/h2-4,9H,1,5H2. The zero-order chi connectivity index (χ0) is 8.27. The summed E-state index contributed by atoms with van der Waals surface area (Å²) < 4.78 is 4.80. The largest absolute Gasteiger partial charge is 0.461 e. The van der Waals surface area contributed by atoms with Crippen molar-refractivity contribution < 1.29 is 14.3 Å². The first kappa shape index (κ1) is 7.75. The summed E-state index contributed by atoms with van der Waals surface area (Å²) in [6, 6.07) is 3.14. The Kier molecular flexibility index (Phi) is 2.23. The summed E-state index contributed by atoms with van der Waals surface area (Å²) in [6.45, 7) is 3.04. The van der Waals surface area contributed by atoms with Gasteiger partial charge in [-0.15, -0.1) is 0 Å². The second kappa shape index (κ2) is 3.16. The molecule has 0 aliphatic carbocycles. The Morgan fingerprint density at radius 2 is 2.45 bits per heavy atom. The van der Waals surface area contributed by atoms with Crippen LogP contribution in [0.5, 0.6) is 0 Å². The number of rotatable bonds is 3. The Hall–Kier alpha value is -1.35. The number of carbonyl (C=O) groups excluding carboxylic acids is 1. The third-order valence-electron chi connectivity index (χ3n) is 1.26. The second-order valence-electron chi connectivity index (χ2n) is 2.07. The van der Waals surface area contributed by atoms with E-state index < -0.39 is 0 Å². The highest BCUT2D eigenvalue weighted by molar-refractivity contribution is 6.06. The number of hydrogen-bond acceptors (Lipinski definition) is 3. The van der Waals surface area contributed by atoms with Gasteiger partial charge in [0.1, 0.15) is 0 Å². The molecule has 11 heavy (non-hydrogen) atoms. The minimum atomic E-state index is -0.350. The second-order valence-corrected chi connectivity index (χ2v) is 2.07. The number of hydrogen-bond donors (Lipinski definition) is 1. The minimum absolute atomic E-state index is 0.139. The van der Waals surface area contributed by atoms with Gasteiger partial charge >= 0.3 is 0 Å². The zero-order valence-corrected chi connectivity index (χ0v) is 5.91.